The van der Waals surface area contributed by atoms with Crippen LogP contribution >= 0.6 is 0 Å². The lowest BCUT2D eigenvalue weighted by atomic mass is 9.91. The van der Waals surface area contributed by atoms with E-state index in [9.17, 15) is 9.59 Å². The molecule has 170 valence electrons. The van der Waals surface area contributed by atoms with E-state index in [-0.39, 0.29) is 25.0 Å². The summed E-state index contributed by atoms with van der Waals surface area (Å²) in [7, 11) is 0. The average molecular weight is 441 g/mol. The Labute approximate surface area is 186 Å². The molecular weight excluding hydrogens is 414 g/mol. The minimum Gasteiger partial charge on any atom is -0.459 e. The topological polar surface area (TPSA) is 92.3 Å². The average Bonchev–Trinajstić information content (AvgIpc) is 2.83. The third-order valence-electron chi connectivity index (χ3n) is 5.39. The summed E-state index contributed by atoms with van der Waals surface area (Å²) in [5.41, 5.74) is 1.45. The smallest absolute Gasteiger partial charge is 0.408 e. The predicted molar refractivity (Wildman–Crippen MR) is 113 cm³/mol. The van der Waals surface area contributed by atoms with Gasteiger partial charge >= 0.3 is 12.1 Å². The van der Waals surface area contributed by atoms with Gasteiger partial charge in [0.25, 0.3) is 5.97 Å². The number of hydrogen-bond acceptors (Lipinski definition) is 7. The molecular formula is C24H27NO7. The molecule has 2 aromatic carbocycles. The van der Waals surface area contributed by atoms with E-state index in [0.717, 1.165) is 11.1 Å². The Morgan fingerprint density at radius 3 is 1.91 bits per heavy atom. The molecule has 0 spiro atoms. The molecule has 0 aromatic heterocycles. The van der Waals surface area contributed by atoms with Crippen molar-refractivity contribution in [3.8, 4) is 0 Å². The number of nitrogens with one attached hydrogen (secondary N) is 1. The third kappa shape index (κ3) is 5.64. The van der Waals surface area contributed by atoms with Crippen LogP contribution in [0.2, 0.25) is 0 Å². The van der Waals surface area contributed by atoms with Crippen molar-refractivity contribution in [1.29, 1.82) is 0 Å². The number of carbonyl (C=O) groups is 2. The number of amides is 1. The monoisotopic (exact) mass is 441 g/mol. The second-order valence-corrected chi connectivity index (χ2v) is 8.42. The summed E-state index contributed by atoms with van der Waals surface area (Å²) in [5, 5.41) is 2.58. The first-order valence-corrected chi connectivity index (χ1v) is 10.6. The van der Waals surface area contributed by atoms with Crippen LogP contribution in [0.3, 0.4) is 0 Å². The van der Waals surface area contributed by atoms with Crippen molar-refractivity contribution >= 4 is 12.1 Å². The number of carbonyl (C=O) groups excluding carboxylic acids is 2. The van der Waals surface area contributed by atoms with Crippen LogP contribution in [0.15, 0.2) is 60.7 Å². The molecule has 3 fully saturated rings. The van der Waals surface area contributed by atoms with E-state index >= 15 is 0 Å². The molecule has 8 nitrogen and oxygen atoms in total. The molecule has 1 N–H and O–H groups in total. The van der Waals surface area contributed by atoms with E-state index in [2.05, 4.69) is 5.32 Å². The van der Waals surface area contributed by atoms with E-state index in [1.165, 1.54) is 0 Å². The highest BCUT2D eigenvalue weighted by atomic mass is 16.9. The number of hydrogen-bond donors (Lipinski definition) is 1. The summed E-state index contributed by atoms with van der Waals surface area (Å²) in [6, 6.07) is 17.5. The van der Waals surface area contributed by atoms with Crippen molar-refractivity contribution in [3.63, 3.8) is 0 Å². The van der Waals surface area contributed by atoms with E-state index < -0.39 is 24.1 Å². The molecule has 1 amide bonds. The summed E-state index contributed by atoms with van der Waals surface area (Å²) in [6.07, 6.45) is -0.805. The van der Waals surface area contributed by atoms with E-state index in [1.807, 2.05) is 67.6 Å². The van der Waals surface area contributed by atoms with Gasteiger partial charge in [-0.05, 0) is 11.1 Å². The van der Waals surface area contributed by atoms with Gasteiger partial charge in [0.2, 0.25) is 0 Å². The molecule has 0 saturated carbocycles. The van der Waals surface area contributed by atoms with Crippen LogP contribution in [0.25, 0.3) is 0 Å². The standard InChI is InChI=1S/C24H27NO7/c1-23-15-30-24(31-16-23,32-17-23)12-20(21(26)28-13-18-8-4-2-5-9-18)25-22(27)29-14-19-10-6-3-7-11-19/h2-11,20H,12-17H2,1H3,(H,25,27)/t20-,23?,24?/m0/s1. The minimum atomic E-state index is -1.40. The highest BCUT2D eigenvalue weighted by molar-refractivity contribution is 5.81. The Balaban J connectivity index is 1.39. The fourth-order valence-electron chi connectivity index (χ4n) is 3.46. The largest absolute Gasteiger partial charge is 0.459 e. The van der Waals surface area contributed by atoms with Crippen LogP contribution in [-0.2, 0) is 41.7 Å². The molecule has 3 heterocycles. The second kappa shape index (κ2) is 9.68. The van der Waals surface area contributed by atoms with Gasteiger partial charge in [-0.15, -0.1) is 0 Å². The van der Waals surface area contributed by atoms with Gasteiger partial charge in [-0.1, -0.05) is 67.6 Å². The van der Waals surface area contributed by atoms with Crippen LogP contribution in [0.1, 0.15) is 24.5 Å². The Hall–Kier alpha value is -2.94. The minimum absolute atomic E-state index is 0.0584. The molecule has 3 aliphatic heterocycles. The molecule has 0 radical (unpaired) electrons. The SMILES string of the molecule is CC12COC(C[C@H](NC(=O)OCc3ccccc3)C(=O)OCc3ccccc3)(OC1)OC2. The molecule has 2 aromatic rings. The maximum Gasteiger partial charge on any atom is 0.408 e. The second-order valence-electron chi connectivity index (χ2n) is 8.42. The van der Waals surface area contributed by atoms with E-state index in [4.69, 9.17) is 23.7 Å². The summed E-state index contributed by atoms with van der Waals surface area (Å²) < 4.78 is 28.0. The molecule has 1 atom stereocenters. The maximum atomic E-state index is 12.9. The Morgan fingerprint density at radius 2 is 1.38 bits per heavy atom. The first-order chi connectivity index (χ1) is 15.5. The zero-order valence-electron chi connectivity index (χ0n) is 18.0. The van der Waals surface area contributed by atoms with Crippen molar-refractivity contribution in [2.24, 2.45) is 5.41 Å². The number of alkyl carbamates (subject to hydrolysis) is 1. The normalized spacial score (nSPS) is 25.0. The van der Waals surface area contributed by atoms with Gasteiger partial charge < -0.3 is 29.0 Å². The third-order valence-corrected chi connectivity index (χ3v) is 5.39. The van der Waals surface area contributed by atoms with Crippen LogP contribution in [0.4, 0.5) is 4.79 Å². The first-order valence-electron chi connectivity index (χ1n) is 10.6. The van der Waals surface area contributed by atoms with Crippen molar-refractivity contribution in [2.45, 2.75) is 38.6 Å². The Kier molecular flexibility index (Phi) is 6.74. The fourth-order valence-corrected chi connectivity index (χ4v) is 3.46. The van der Waals surface area contributed by atoms with Gasteiger partial charge in [0, 0.05) is 5.41 Å². The number of benzene rings is 2. The van der Waals surface area contributed by atoms with E-state index in [0.29, 0.717) is 19.8 Å². The quantitative estimate of drug-likeness (QED) is 0.629. The van der Waals surface area contributed by atoms with Crippen molar-refractivity contribution in [2.75, 3.05) is 19.8 Å². The van der Waals surface area contributed by atoms with Crippen LogP contribution in [-0.4, -0.2) is 43.9 Å². The number of ether oxygens (including phenoxy) is 5. The zero-order valence-corrected chi connectivity index (χ0v) is 18.0. The molecule has 5 rings (SSSR count). The van der Waals surface area contributed by atoms with Gasteiger partial charge in [0.05, 0.1) is 26.2 Å². The van der Waals surface area contributed by atoms with Gasteiger partial charge in [0.1, 0.15) is 19.3 Å². The highest BCUT2D eigenvalue weighted by Crippen LogP contribution is 2.40. The van der Waals surface area contributed by atoms with Crippen LogP contribution < -0.4 is 5.32 Å². The molecule has 2 bridgehead atoms. The molecule has 3 aliphatic rings. The molecule has 0 unspecified atom stereocenters. The number of rotatable bonds is 8. The van der Waals surface area contributed by atoms with Crippen molar-refractivity contribution in [1.82, 2.24) is 5.32 Å². The molecule has 8 heteroatoms. The van der Waals surface area contributed by atoms with Gasteiger partial charge in [-0.3, -0.25) is 0 Å². The number of esters is 1. The summed E-state index contributed by atoms with van der Waals surface area (Å²) >= 11 is 0. The summed E-state index contributed by atoms with van der Waals surface area (Å²) in [4.78, 5) is 25.3. The van der Waals surface area contributed by atoms with Gasteiger partial charge in [-0.2, -0.15) is 0 Å². The van der Waals surface area contributed by atoms with Gasteiger partial charge in [-0.25, -0.2) is 9.59 Å². The summed E-state index contributed by atoms with van der Waals surface area (Å²) in [6.45, 7) is 3.47. The first kappa shape index (κ1) is 22.3. The number of fused-ring (bicyclic) bond motifs is 3. The Morgan fingerprint density at radius 1 is 0.875 bits per heavy atom. The molecule has 3 saturated heterocycles. The lowest BCUT2D eigenvalue weighted by Gasteiger charge is -2.50. The van der Waals surface area contributed by atoms with Gasteiger partial charge in [0.15, 0.2) is 0 Å². The van der Waals surface area contributed by atoms with Crippen molar-refractivity contribution < 1.29 is 33.3 Å². The zero-order chi connectivity index (χ0) is 22.4. The predicted octanol–water partition coefficient (Wildman–Crippen LogP) is 3.15. The summed E-state index contributed by atoms with van der Waals surface area (Å²) in [5.74, 6) is -2.03. The highest BCUT2D eigenvalue weighted by Gasteiger charge is 2.52. The lowest BCUT2D eigenvalue weighted by molar-refractivity contribution is -0.468. The van der Waals surface area contributed by atoms with Crippen LogP contribution in [0, 0.1) is 5.41 Å². The molecule has 0 aliphatic carbocycles. The Bertz CT molecular complexity index is 894. The van der Waals surface area contributed by atoms with Crippen molar-refractivity contribution in [3.05, 3.63) is 71.8 Å². The molecule has 32 heavy (non-hydrogen) atoms. The van der Waals surface area contributed by atoms with E-state index in [1.54, 1.807) is 0 Å². The fraction of sp³-hybridized carbons (Fsp3) is 0.417. The maximum absolute atomic E-state index is 12.9. The van der Waals surface area contributed by atoms with Crippen LogP contribution in [0.5, 0.6) is 0 Å². The lowest BCUT2D eigenvalue weighted by Crippen LogP contribution is -2.61.